The Morgan fingerprint density at radius 1 is 0.971 bits per heavy atom. The maximum absolute atomic E-state index is 13.0. The van der Waals surface area contributed by atoms with Gasteiger partial charge in [-0.25, -0.2) is 23.9 Å². The van der Waals surface area contributed by atoms with E-state index in [9.17, 15) is 8.42 Å². The quantitative estimate of drug-likeness (QED) is 0.237. The summed E-state index contributed by atoms with van der Waals surface area (Å²) in [4.78, 5) is 17.1. The molecule has 0 atom stereocenters. The Morgan fingerprint density at radius 2 is 1.60 bits per heavy atom. The zero-order chi connectivity index (χ0) is 24.7. The molecule has 10 nitrogen and oxygen atoms in total. The number of amides is 1. The number of nitrogens with one attached hydrogen (secondary N) is 1. The molecule has 0 saturated heterocycles. The van der Waals surface area contributed by atoms with Gasteiger partial charge >= 0.3 is 0 Å². The number of nitrogens with zero attached hydrogens (tertiary/aromatic N) is 3. The van der Waals surface area contributed by atoms with Gasteiger partial charge in [-0.3, -0.25) is 10.0 Å². The highest BCUT2D eigenvalue weighted by atomic mass is 32.2. The number of hydrogen-bond donors (Lipinski definition) is 2. The summed E-state index contributed by atoms with van der Waals surface area (Å²) in [5.74, 6) is 1.92. The number of carbonyl (C=O) groups excluding carboxylic acids is 1. The van der Waals surface area contributed by atoms with E-state index in [2.05, 4.69) is 9.97 Å². The van der Waals surface area contributed by atoms with Crippen molar-refractivity contribution in [3.8, 4) is 22.6 Å². The minimum atomic E-state index is -3.60. The summed E-state index contributed by atoms with van der Waals surface area (Å²) in [5.41, 5.74) is 4.22. The SMILES string of the molecule is O=CNO.O=S(=O)(c1ccc(Oc2ccc(-c3cncnc3)cc2)cc1)N1CCc2ccoc2C1. The number of fused-ring (bicyclic) bond motifs is 1. The molecule has 5 rings (SSSR count). The fourth-order valence-electron chi connectivity index (χ4n) is 3.55. The van der Waals surface area contributed by atoms with Gasteiger partial charge in [-0.2, -0.15) is 4.31 Å². The zero-order valence-corrected chi connectivity index (χ0v) is 19.3. The fourth-order valence-corrected chi connectivity index (χ4v) is 4.94. The van der Waals surface area contributed by atoms with Crippen LogP contribution >= 0.6 is 0 Å². The first-order chi connectivity index (χ1) is 17.0. The minimum Gasteiger partial charge on any atom is -0.468 e. The normalized spacial score (nSPS) is 13.2. The first-order valence-electron chi connectivity index (χ1n) is 10.5. The number of furan rings is 1. The smallest absolute Gasteiger partial charge is 0.243 e. The van der Waals surface area contributed by atoms with Crippen LogP contribution in [0.5, 0.6) is 11.5 Å². The second-order valence-electron chi connectivity index (χ2n) is 7.43. The van der Waals surface area contributed by atoms with E-state index < -0.39 is 10.0 Å². The lowest BCUT2D eigenvalue weighted by Crippen LogP contribution is -2.35. The largest absolute Gasteiger partial charge is 0.468 e. The molecule has 4 aromatic rings. The van der Waals surface area contributed by atoms with Crippen LogP contribution in [-0.2, 0) is 27.8 Å². The first kappa shape index (κ1) is 24.1. The molecule has 0 saturated carbocycles. The van der Waals surface area contributed by atoms with Gasteiger partial charge in [-0.15, -0.1) is 0 Å². The number of benzene rings is 2. The molecule has 35 heavy (non-hydrogen) atoms. The van der Waals surface area contributed by atoms with Crippen LogP contribution in [0.15, 0.2) is 88.9 Å². The van der Waals surface area contributed by atoms with Gasteiger partial charge in [0.1, 0.15) is 23.6 Å². The van der Waals surface area contributed by atoms with E-state index in [0.717, 1.165) is 16.7 Å². The number of ether oxygens (including phenoxy) is 1. The molecule has 0 radical (unpaired) electrons. The number of hydrogen-bond acceptors (Lipinski definition) is 8. The highest BCUT2D eigenvalue weighted by Gasteiger charge is 2.29. The Balaban J connectivity index is 0.000000672. The molecular weight excluding hydrogens is 472 g/mol. The van der Waals surface area contributed by atoms with Crippen LogP contribution in [0.25, 0.3) is 11.1 Å². The van der Waals surface area contributed by atoms with Crippen molar-refractivity contribution in [2.24, 2.45) is 0 Å². The molecule has 1 aliphatic rings. The fraction of sp³-hybridized carbons (Fsp3) is 0.125. The van der Waals surface area contributed by atoms with Crippen molar-refractivity contribution in [3.63, 3.8) is 0 Å². The number of carbonyl (C=O) groups is 1. The highest BCUT2D eigenvalue weighted by molar-refractivity contribution is 7.89. The van der Waals surface area contributed by atoms with Crippen LogP contribution in [0.3, 0.4) is 0 Å². The third kappa shape index (κ3) is 5.72. The van der Waals surface area contributed by atoms with Crippen molar-refractivity contribution in [2.75, 3.05) is 6.54 Å². The Labute approximate surface area is 201 Å². The van der Waals surface area contributed by atoms with Gasteiger partial charge in [-0.1, -0.05) is 12.1 Å². The third-order valence-electron chi connectivity index (χ3n) is 5.29. The standard InChI is InChI=1S/C23H19N3O4S.CH3NO2/c27-31(28,26-11-9-18-10-12-29-23(18)15-26)22-7-5-21(6-8-22)30-20-3-1-17(2-4-20)19-13-24-16-25-14-19;3-1-2-4/h1-8,10,12-14,16H,9,11,15H2;1,4H,(H,2,3). The van der Waals surface area contributed by atoms with Crippen molar-refractivity contribution in [1.29, 1.82) is 0 Å². The molecule has 11 heteroatoms. The monoisotopic (exact) mass is 494 g/mol. The second-order valence-corrected chi connectivity index (χ2v) is 9.37. The summed E-state index contributed by atoms with van der Waals surface area (Å²) in [6, 6.07) is 15.9. The zero-order valence-electron chi connectivity index (χ0n) is 18.4. The Morgan fingerprint density at radius 3 is 2.23 bits per heavy atom. The molecule has 2 aromatic heterocycles. The van der Waals surface area contributed by atoms with E-state index >= 15 is 0 Å². The lowest BCUT2D eigenvalue weighted by Gasteiger charge is -2.25. The highest BCUT2D eigenvalue weighted by Crippen LogP contribution is 2.29. The molecule has 0 spiro atoms. The van der Waals surface area contributed by atoms with Crippen LogP contribution < -0.4 is 10.2 Å². The van der Waals surface area contributed by atoms with Crippen LogP contribution in [0, 0.1) is 0 Å². The second kappa shape index (κ2) is 10.9. The Kier molecular flexibility index (Phi) is 7.51. The first-order valence-corrected chi connectivity index (χ1v) is 12.0. The molecule has 180 valence electrons. The molecule has 1 aliphatic heterocycles. The lowest BCUT2D eigenvalue weighted by atomic mass is 10.1. The van der Waals surface area contributed by atoms with Crippen LogP contribution in [0.1, 0.15) is 11.3 Å². The maximum atomic E-state index is 13.0. The van der Waals surface area contributed by atoms with Crippen molar-refractivity contribution >= 4 is 16.4 Å². The van der Waals surface area contributed by atoms with Crippen molar-refractivity contribution in [1.82, 2.24) is 19.8 Å². The molecule has 0 fully saturated rings. The molecule has 0 aliphatic carbocycles. The van der Waals surface area contributed by atoms with E-state index in [1.54, 1.807) is 42.9 Å². The summed E-state index contributed by atoms with van der Waals surface area (Å²) < 4.78 is 38.7. The van der Waals surface area contributed by atoms with Gasteiger partial charge in [0, 0.05) is 24.5 Å². The van der Waals surface area contributed by atoms with Crippen LogP contribution in [0.4, 0.5) is 0 Å². The van der Waals surface area contributed by atoms with Gasteiger partial charge in [0.25, 0.3) is 0 Å². The van der Waals surface area contributed by atoms with Crippen LogP contribution in [0.2, 0.25) is 0 Å². The van der Waals surface area contributed by atoms with E-state index in [4.69, 9.17) is 19.2 Å². The van der Waals surface area contributed by atoms with Gasteiger partial charge in [0.05, 0.1) is 17.7 Å². The van der Waals surface area contributed by atoms with E-state index in [0.29, 0.717) is 30.2 Å². The Hall–Kier alpha value is -4.06. The number of sulfonamides is 1. The summed E-state index contributed by atoms with van der Waals surface area (Å²) in [7, 11) is -3.60. The molecule has 2 aromatic carbocycles. The summed E-state index contributed by atoms with van der Waals surface area (Å²) in [5, 5.41) is 7.26. The van der Waals surface area contributed by atoms with Gasteiger partial charge < -0.3 is 9.15 Å². The summed E-state index contributed by atoms with van der Waals surface area (Å²) in [6.07, 6.45) is 7.42. The van der Waals surface area contributed by atoms with Crippen LogP contribution in [-0.4, -0.2) is 40.9 Å². The van der Waals surface area contributed by atoms with E-state index in [-0.39, 0.29) is 17.9 Å². The number of rotatable bonds is 6. The molecule has 2 N–H and O–H groups in total. The van der Waals surface area contributed by atoms with Crippen molar-refractivity contribution in [2.45, 2.75) is 17.9 Å². The predicted molar refractivity (Wildman–Crippen MR) is 125 cm³/mol. The molecule has 0 unspecified atom stereocenters. The molecular formula is C24H22N4O6S. The topological polar surface area (TPSA) is 135 Å². The molecule has 0 bridgehead atoms. The van der Waals surface area contributed by atoms with E-state index in [1.807, 2.05) is 30.3 Å². The number of hydroxylamine groups is 1. The van der Waals surface area contributed by atoms with Gasteiger partial charge in [0.2, 0.25) is 16.4 Å². The lowest BCUT2D eigenvalue weighted by molar-refractivity contribution is -0.116. The molecule has 3 heterocycles. The van der Waals surface area contributed by atoms with E-state index in [1.165, 1.54) is 16.1 Å². The average Bonchev–Trinajstić information content (AvgIpc) is 3.38. The van der Waals surface area contributed by atoms with Gasteiger partial charge in [0.15, 0.2) is 0 Å². The minimum absolute atomic E-state index is 0.181. The van der Waals surface area contributed by atoms with Crippen molar-refractivity contribution < 1.29 is 27.6 Å². The Bertz CT molecular complexity index is 1360. The third-order valence-corrected chi connectivity index (χ3v) is 7.15. The molecule has 1 amide bonds. The van der Waals surface area contributed by atoms with Gasteiger partial charge in [-0.05, 0) is 60.0 Å². The average molecular weight is 495 g/mol. The summed E-state index contributed by atoms with van der Waals surface area (Å²) >= 11 is 0. The van der Waals surface area contributed by atoms with Crippen molar-refractivity contribution in [3.05, 3.63) is 90.9 Å². The summed E-state index contributed by atoms with van der Waals surface area (Å²) in [6.45, 7) is 0.688. The number of aromatic nitrogens is 2. The maximum Gasteiger partial charge on any atom is 0.243 e. The predicted octanol–water partition coefficient (Wildman–Crippen LogP) is 3.40.